The molecule has 3 rings (SSSR count). The molecule has 0 saturated heterocycles. The smallest absolute Gasteiger partial charge is 0.259 e. The summed E-state index contributed by atoms with van der Waals surface area (Å²) in [6.45, 7) is 4.26. The maximum Gasteiger partial charge on any atom is 0.259 e. The molecule has 0 amide bonds. The highest BCUT2D eigenvalue weighted by Crippen LogP contribution is 2.41. The Bertz CT molecular complexity index is 1120. The van der Waals surface area contributed by atoms with Gasteiger partial charge < -0.3 is 24.7 Å². The first-order chi connectivity index (χ1) is 15.5. The molecule has 0 bridgehead atoms. The molecule has 0 aliphatic heterocycles. The fourth-order valence-electron chi connectivity index (χ4n) is 3.93. The van der Waals surface area contributed by atoms with Crippen molar-refractivity contribution in [3.63, 3.8) is 0 Å². The van der Waals surface area contributed by atoms with E-state index >= 15 is 0 Å². The molecule has 0 radical (unpaired) electrons. The summed E-state index contributed by atoms with van der Waals surface area (Å²) in [5.74, 6) is 0.952. The van der Waals surface area contributed by atoms with Gasteiger partial charge in [0, 0.05) is 23.4 Å². The molecule has 0 unspecified atom stereocenters. The summed E-state index contributed by atoms with van der Waals surface area (Å²) in [4.78, 5) is 15.9. The number of methoxy groups -OCH3 is 1. The third-order valence-electron chi connectivity index (χ3n) is 5.62. The van der Waals surface area contributed by atoms with Crippen LogP contribution in [0, 0.1) is 0 Å². The zero-order valence-electron chi connectivity index (χ0n) is 19.2. The maximum atomic E-state index is 12.9. The number of aromatic nitrogens is 1. The van der Waals surface area contributed by atoms with Crippen LogP contribution in [-0.2, 0) is 12.8 Å². The molecular formula is C26H33NO5. The molecule has 1 heterocycles. The van der Waals surface area contributed by atoms with E-state index in [1.807, 2.05) is 12.1 Å². The average molecular weight is 440 g/mol. The molecule has 6 nitrogen and oxygen atoms in total. The number of phenols is 2. The van der Waals surface area contributed by atoms with Crippen LogP contribution in [0.1, 0.15) is 63.6 Å². The number of hydrogen-bond donors (Lipinski definition) is 3. The maximum absolute atomic E-state index is 12.9. The summed E-state index contributed by atoms with van der Waals surface area (Å²) in [6, 6.07) is 8.19. The number of H-pyrrole nitrogens is 1. The molecule has 0 fully saturated rings. The van der Waals surface area contributed by atoms with Gasteiger partial charge in [-0.1, -0.05) is 39.5 Å². The fraction of sp³-hybridized carbons (Fsp3) is 0.423. The topological polar surface area (TPSA) is 91.8 Å². The lowest BCUT2D eigenvalue weighted by molar-refractivity contribution is 0.387. The number of unbranched alkanes of at least 4 members (excludes halogenated alkanes) is 4. The van der Waals surface area contributed by atoms with Crippen molar-refractivity contribution in [2.75, 3.05) is 7.11 Å². The highest BCUT2D eigenvalue weighted by Gasteiger charge is 2.17. The summed E-state index contributed by atoms with van der Waals surface area (Å²) in [6.07, 6.45) is 7.69. The second-order valence-corrected chi connectivity index (χ2v) is 8.18. The number of aromatic amines is 1. The lowest BCUT2D eigenvalue weighted by Gasteiger charge is -2.16. The summed E-state index contributed by atoms with van der Waals surface area (Å²) in [5.41, 5.74) is 1.35. The Balaban J connectivity index is 2.04. The number of rotatable bonds is 11. The Hall–Kier alpha value is -3.15. The number of pyridine rings is 1. The third kappa shape index (κ3) is 5.55. The summed E-state index contributed by atoms with van der Waals surface area (Å²) >= 11 is 0. The molecule has 2 aromatic carbocycles. The van der Waals surface area contributed by atoms with Gasteiger partial charge >= 0.3 is 0 Å². The minimum atomic E-state index is -0.274. The van der Waals surface area contributed by atoms with E-state index in [1.54, 1.807) is 13.2 Å². The van der Waals surface area contributed by atoms with Crippen molar-refractivity contribution < 1.29 is 19.7 Å². The quantitative estimate of drug-likeness (QED) is 0.309. The van der Waals surface area contributed by atoms with Gasteiger partial charge in [-0.3, -0.25) is 4.79 Å². The van der Waals surface area contributed by atoms with Crippen molar-refractivity contribution >= 4 is 10.8 Å². The summed E-state index contributed by atoms with van der Waals surface area (Å²) in [5, 5.41) is 21.9. The van der Waals surface area contributed by atoms with Crippen LogP contribution in [0.3, 0.4) is 0 Å². The number of nitrogens with one attached hydrogen (secondary N) is 1. The van der Waals surface area contributed by atoms with E-state index in [4.69, 9.17) is 9.47 Å². The monoisotopic (exact) mass is 439 g/mol. The molecule has 3 N–H and O–H groups in total. The Kier molecular flexibility index (Phi) is 8.03. The number of aryl methyl sites for hydroxylation is 2. The van der Waals surface area contributed by atoms with Gasteiger partial charge in [0.2, 0.25) is 0 Å². The number of hydrogen-bond acceptors (Lipinski definition) is 5. The third-order valence-corrected chi connectivity index (χ3v) is 5.62. The molecule has 172 valence electrons. The molecule has 0 atom stereocenters. The van der Waals surface area contributed by atoms with E-state index in [2.05, 4.69) is 18.8 Å². The standard InChI is InChI=1S/C26H33NO5/c1-4-6-8-10-17-14-21(31-3)16-22(29)25(17)32-23-15-20(28)13-18-12-19(11-9-7-5-2)27-26(30)24(18)23/h12-16,28-29H,4-11H2,1-3H3,(H,27,30). The van der Waals surface area contributed by atoms with Crippen molar-refractivity contribution in [1.29, 1.82) is 0 Å². The van der Waals surface area contributed by atoms with Crippen LogP contribution in [0.15, 0.2) is 35.1 Å². The molecule has 0 spiro atoms. The Morgan fingerprint density at radius 2 is 1.62 bits per heavy atom. The minimum Gasteiger partial charge on any atom is -0.508 e. The van der Waals surface area contributed by atoms with Gasteiger partial charge in [0.1, 0.15) is 17.2 Å². The number of ether oxygens (including phenoxy) is 2. The van der Waals surface area contributed by atoms with Crippen LogP contribution in [-0.4, -0.2) is 22.3 Å². The molecule has 0 aliphatic carbocycles. The van der Waals surface area contributed by atoms with Gasteiger partial charge in [-0.15, -0.1) is 0 Å². The second-order valence-electron chi connectivity index (χ2n) is 8.18. The highest BCUT2D eigenvalue weighted by atomic mass is 16.5. The minimum absolute atomic E-state index is 0.00172. The van der Waals surface area contributed by atoms with E-state index in [1.165, 1.54) is 12.1 Å². The average Bonchev–Trinajstić information content (AvgIpc) is 2.75. The van der Waals surface area contributed by atoms with E-state index < -0.39 is 0 Å². The molecule has 6 heteroatoms. The van der Waals surface area contributed by atoms with Gasteiger partial charge in [-0.25, -0.2) is 0 Å². The van der Waals surface area contributed by atoms with Gasteiger partial charge in [-0.2, -0.15) is 0 Å². The predicted molar refractivity (Wildman–Crippen MR) is 127 cm³/mol. The first-order valence-corrected chi connectivity index (χ1v) is 11.4. The molecule has 0 saturated carbocycles. The molecular weight excluding hydrogens is 406 g/mol. The largest absolute Gasteiger partial charge is 0.508 e. The van der Waals surface area contributed by atoms with Crippen molar-refractivity contribution in [2.45, 2.75) is 65.2 Å². The number of aromatic hydroxyl groups is 2. The summed E-state index contributed by atoms with van der Waals surface area (Å²) < 4.78 is 11.4. The van der Waals surface area contributed by atoms with Gasteiger partial charge in [-0.05, 0) is 49.3 Å². The van der Waals surface area contributed by atoms with Crippen LogP contribution < -0.4 is 15.0 Å². The van der Waals surface area contributed by atoms with Crippen molar-refractivity contribution in [3.05, 3.63) is 51.9 Å². The number of fused-ring (bicyclic) bond motifs is 1. The van der Waals surface area contributed by atoms with Gasteiger partial charge in [0.15, 0.2) is 11.5 Å². The van der Waals surface area contributed by atoms with Crippen LogP contribution in [0.25, 0.3) is 10.8 Å². The zero-order valence-corrected chi connectivity index (χ0v) is 19.2. The SMILES string of the molecule is CCCCCc1cc2cc(O)cc(Oc3c(O)cc(OC)cc3CCCCC)c2c(=O)[nH]1. The van der Waals surface area contributed by atoms with Crippen molar-refractivity contribution in [3.8, 4) is 28.7 Å². The fourth-order valence-corrected chi connectivity index (χ4v) is 3.93. The Morgan fingerprint density at radius 3 is 2.31 bits per heavy atom. The van der Waals surface area contributed by atoms with Gasteiger partial charge in [0.25, 0.3) is 5.56 Å². The molecule has 1 aromatic heterocycles. The number of phenolic OH excluding ortho intramolecular Hbond substituents is 2. The summed E-state index contributed by atoms with van der Waals surface area (Å²) in [7, 11) is 1.55. The predicted octanol–water partition coefficient (Wildman–Crippen LogP) is 6.21. The van der Waals surface area contributed by atoms with Crippen molar-refractivity contribution in [2.24, 2.45) is 0 Å². The van der Waals surface area contributed by atoms with Crippen LogP contribution in [0.2, 0.25) is 0 Å². The first kappa shape index (κ1) is 23.5. The van der Waals surface area contributed by atoms with E-state index in [9.17, 15) is 15.0 Å². The molecule has 0 aliphatic rings. The van der Waals surface area contributed by atoms with E-state index in [-0.39, 0.29) is 28.6 Å². The second kappa shape index (κ2) is 10.9. The lowest BCUT2D eigenvalue weighted by Crippen LogP contribution is -2.10. The van der Waals surface area contributed by atoms with Crippen LogP contribution >= 0.6 is 0 Å². The molecule has 3 aromatic rings. The highest BCUT2D eigenvalue weighted by molar-refractivity contribution is 5.89. The van der Waals surface area contributed by atoms with E-state index in [0.717, 1.165) is 56.2 Å². The Labute approximate surface area is 188 Å². The van der Waals surface area contributed by atoms with Gasteiger partial charge in [0.05, 0.1) is 12.5 Å². The molecule has 32 heavy (non-hydrogen) atoms. The van der Waals surface area contributed by atoms with Crippen LogP contribution in [0.4, 0.5) is 0 Å². The van der Waals surface area contributed by atoms with Crippen LogP contribution in [0.5, 0.6) is 28.7 Å². The Morgan fingerprint density at radius 1 is 0.906 bits per heavy atom. The first-order valence-electron chi connectivity index (χ1n) is 11.4. The number of benzene rings is 2. The normalized spacial score (nSPS) is 11.1. The lowest BCUT2D eigenvalue weighted by atomic mass is 10.0. The zero-order chi connectivity index (χ0) is 23.1. The van der Waals surface area contributed by atoms with Crippen molar-refractivity contribution in [1.82, 2.24) is 4.98 Å². The van der Waals surface area contributed by atoms with E-state index in [0.29, 0.717) is 22.9 Å².